The molecule has 0 saturated heterocycles. The summed E-state index contributed by atoms with van der Waals surface area (Å²) in [6.45, 7) is 3.32. The third-order valence-corrected chi connectivity index (χ3v) is 4.90. The summed E-state index contributed by atoms with van der Waals surface area (Å²) in [7, 11) is 5.91. The van der Waals surface area contributed by atoms with Crippen molar-refractivity contribution >= 4 is 5.69 Å². The van der Waals surface area contributed by atoms with Gasteiger partial charge in [-0.3, -0.25) is 0 Å². The Morgan fingerprint density at radius 1 is 1.17 bits per heavy atom. The van der Waals surface area contributed by atoms with Crippen LogP contribution in [0.2, 0.25) is 0 Å². The lowest BCUT2D eigenvalue weighted by Gasteiger charge is -2.28. The predicted molar refractivity (Wildman–Crippen MR) is 97.5 cm³/mol. The topological polar surface area (TPSA) is 24.5 Å². The molecule has 2 aromatic rings. The summed E-state index contributed by atoms with van der Waals surface area (Å²) in [5.74, 6) is 0.932. The highest BCUT2D eigenvalue weighted by Gasteiger charge is 2.16. The van der Waals surface area contributed by atoms with Crippen LogP contribution >= 0.6 is 0 Å². The van der Waals surface area contributed by atoms with Crippen molar-refractivity contribution in [1.29, 1.82) is 0 Å². The van der Waals surface area contributed by atoms with Crippen LogP contribution in [0.25, 0.3) is 11.1 Å². The maximum absolute atomic E-state index is 5.60. The van der Waals surface area contributed by atoms with Crippen molar-refractivity contribution in [3.05, 3.63) is 47.5 Å². The Kier molecular flexibility index (Phi) is 4.58. The second kappa shape index (κ2) is 6.63. The van der Waals surface area contributed by atoms with E-state index in [4.69, 9.17) is 4.74 Å². The number of ether oxygens (including phenoxy) is 1. The number of rotatable bonds is 4. The molecule has 0 aromatic heterocycles. The Balaban J connectivity index is 2.06. The first-order valence-corrected chi connectivity index (χ1v) is 8.33. The highest BCUT2D eigenvalue weighted by molar-refractivity contribution is 5.75. The second-order valence-corrected chi connectivity index (χ2v) is 6.34. The first kappa shape index (κ1) is 15.9. The molecule has 3 nitrogen and oxygen atoms in total. The summed E-state index contributed by atoms with van der Waals surface area (Å²) < 4.78 is 5.60. The first-order valence-electron chi connectivity index (χ1n) is 8.33. The number of aryl methyl sites for hydroxylation is 1. The predicted octanol–water partition coefficient (Wildman–Crippen LogP) is 4.03. The van der Waals surface area contributed by atoms with E-state index >= 15 is 0 Å². The molecule has 1 aliphatic heterocycles. The fourth-order valence-corrected chi connectivity index (χ4v) is 3.34. The van der Waals surface area contributed by atoms with Gasteiger partial charge in [-0.25, -0.2) is 0 Å². The normalized spacial score (nSPS) is 15.2. The van der Waals surface area contributed by atoms with Crippen molar-refractivity contribution in [1.82, 2.24) is 5.32 Å². The quantitative estimate of drug-likeness (QED) is 0.923. The Hall–Kier alpha value is -2.00. The minimum Gasteiger partial charge on any atom is -0.496 e. The van der Waals surface area contributed by atoms with Crippen LogP contribution in [-0.2, 0) is 6.42 Å². The number of benzene rings is 2. The Labute approximate surface area is 139 Å². The summed E-state index contributed by atoms with van der Waals surface area (Å²) in [5.41, 5.74) is 6.48. The zero-order valence-corrected chi connectivity index (χ0v) is 14.5. The average molecular weight is 310 g/mol. The maximum atomic E-state index is 5.60. The third-order valence-electron chi connectivity index (χ3n) is 4.90. The minimum absolute atomic E-state index is 0.323. The van der Waals surface area contributed by atoms with E-state index in [1.165, 1.54) is 34.4 Å². The monoisotopic (exact) mass is 310 g/mol. The van der Waals surface area contributed by atoms with E-state index in [1.807, 2.05) is 7.05 Å². The number of hydrogen-bond donors (Lipinski definition) is 1. The molecule has 1 N–H and O–H groups in total. The molecule has 3 heteroatoms. The number of fused-ring (bicyclic) bond motifs is 1. The maximum Gasteiger partial charge on any atom is 0.126 e. The largest absolute Gasteiger partial charge is 0.496 e. The summed E-state index contributed by atoms with van der Waals surface area (Å²) in [6.07, 6.45) is 2.38. The molecule has 0 saturated carbocycles. The van der Waals surface area contributed by atoms with Gasteiger partial charge >= 0.3 is 0 Å². The van der Waals surface area contributed by atoms with Gasteiger partial charge in [0.05, 0.1) is 7.11 Å². The van der Waals surface area contributed by atoms with Crippen LogP contribution in [-0.4, -0.2) is 27.7 Å². The lowest BCUT2D eigenvalue weighted by atomic mass is 9.94. The molecule has 1 atom stereocenters. The van der Waals surface area contributed by atoms with Gasteiger partial charge in [0.1, 0.15) is 5.75 Å². The van der Waals surface area contributed by atoms with Crippen LogP contribution < -0.4 is 15.0 Å². The van der Waals surface area contributed by atoms with E-state index in [9.17, 15) is 0 Å². The zero-order chi connectivity index (χ0) is 16.4. The fourth-order valence-electron chi connectivity index (χ4n) is 3.34. The molecule has 0 radical (unpaired) electrons. The molecule has 0 aliphatic carbocycles. The highest BCUT2D eigenvalue weighted by atomic mass is 16.5. The van der Waals surface area contributed by atoms with Gasteiger partial charge < -0.3 is 15.0 Å². The van der Waals surface area contributed by atoms with E-state index in [0.717, 1.165) is 18.7 Å². The Morgan fingerprint density at radius 2 is 2.00 bits per heavy atom. The van der Waals surface area contributed by atoms with Crippen LogP contribution in [0, 0.1) is 0 Å². The number of methoxy groups -OCH3 is 1. The van der Waals surface area contributed by atoms with Crippen molar-refractivity contribution in [3.63, 3.8) is 0 Å². The molecule has 1 aliphatic rings. The molecule has 0 bridgehead atoms. The molecule has 1 unspecified atom stereocenters. The Morgan fingerprint density at radius 3 is 2.74 bits per heavy atom. The van der Waals surface area contributed by atoms with Gasteiger partial charge in [-0.1, -0.05) is 12.1 Å². The smallest absolute Gasteiger partial charge is 0.126 e. The SMILES string of the molecule is CNC(C)c1ccc(OC)c(-c2ccc3c(c2)CCCN3C)c1. The van der Waals surface area contributed by atoms with E-state index in [2.05, 4.69) is 60.6 Å². The molecule has 3 rings (SSSR count). The van der Waals surface area contributed by atoms with Gasteiger partial charge in [0.2, 0.25) is 0 Å². The zero-order valence-electron chi connectivity index (χ0n) is 14.5. The number of hydrogen-bond acceptors (Lipinski definition) is 3. The minimum atomic E-state index is 0.323. The summed E-state index contributed by atoms with van der Waals surface area (Å²) >= 11 is 0. The van der Waals surface area contributed by atoms with Crippen LogP contribution in [0.15, 0.2) is 36.4 Å². The van der Waals surface area contributed by atoms with Crippen molar-refractivity contribution in [2.45, 2.75) is 25.8 Å². The average Bonchev–Trinajstić information content (AvgIpc) is 2.60. The van der Waals surface area contributed by atoms with E-state index in [0.29, 0.717) is 6.04 Å². The number of nitrogens with one attached hydrogen (secondary N) is 1. The van der Waals surface area contributed by atoms with Crippen LogP contribution in [0.1, 0.15) is 30.5 Å². The summed E-state index contributed by atoms with van der Waals surface area (Å²) in [5, 5.41) is 3.31. The molecule has 0 amide bonds. The Bertz CT molecular complexity index is 696. The lowest BCUT2D eigenvalue weighted by Crippen LogP contribution is -2.24. The third kappa shape index (κ3) is 3.06. The molecule has 122 valence electrons. The lowest BCUT2D eigenvalue weighted by molar-refractivity contribution is 0.416. The first-order chi connectivity index (χ1) is 11.1. The summed E-state index contributed by atoms with van der Waals surface area (Å²) in [6, 6.07) is 13.6. The molecule has 2 aromatic carbocycles. The van der Waals surface area contributed by atoms with Gasteiger partial charge in [0.25, 0.3) is 0 Å². The van der Waals surface area contributed by atoms with E-state index in [-0.39, 0.29) is 0 Å². The van der Waals surface area contributed by atoms with Crippen molar-refractivity contribution in [2.24, 2.45) is 0 Å². The fraction of sp³-hybridized carbons (Fsp3) is 0.400. The molecule has 0 spiro atoms. The van der Waals surface area contributed by atoms with Gasteiger partial charge in [0.15, 0.2) is 0 Å². The molecular formula is C20H26N2O. The van der Waals surface area contributed by atoms with Crippen molar-refractivity contribution in [3.8, 4) is 16.9 Å². The molecule has 0 fully saturated rings. The van der Waals surface area contributed by atoms with Crippen LogP contribution in [0.3, 0.4) is 0 Å². The number of anilines is 1. The van der Waals surface area contributed by atoms with Gasteiger partial charge in [-0.2, -0.15) is 0 Å². The standard InChI is InChI=1S/C20H26N2O/c1-14(21-2)15-8-10-20(23-4)18(13-15)16-7-9-19-17(12-16)6-5-11-22(19)3/h7-10,12-14,21H,5-6,11H2,1-4H3. The summed E-state index contributed by atoms with van der Waals surface area (Å²) in [4.78, 5) is 2.35. The van der Waals surface area contributed by atoms with Crippen molar-refractivity contribution in [2.75, 3.05) is 32.6 Å². The van der Waals surface area contributed by atoms with Crippen molar-refractivity contribution < 1.29 is 4.74 Å². The number of nitrogens with zero attached hydrogens (tertiary/aromatic N) is 1. The second-order valence-electron chi connectivity index (χ2n) is 6.34. The highest BCUT2D eigenvalue weighted by Crippen LogP contribution is 2.36. The van der Waals surface area contributed by atoms with Gasteiger partial charge in [-0.15, -0.1) is 0 Å². The molecular weight excluding hydrogens is 284 g/mol. The molecule has 1 heterocycles. The van der Waals surface area contributed by atoms with Crippen LogP contribution in [0.5, 0.6) is 5.75 Å². The molecule has 23 heavy (non-hydrogen) atoms. The van der Waals surface area contributed by atoms with Crippen LogP contribution in [0.4, 0.5) is 5.69 Å². The van der Waals surface area contributed by atoms with E-state index in [1.54, 1.807) is 7.11 Å². The van der Waals surface area contributed by atoms with Gasteiger partial charge in [0, 0.05) is 30.9 Å². The van der Waals surface area contributed by atoms with Gasteiger partial charge in [-0.05, 0) is 67.8 Å². The van der Waals surface area contributed by atoms with E-state index < -0.39 is 0 Å².